The Kier molecular flexibility index (Phi) is 4.59. The molecule has 3 heterocycles. The number of anilines is 1. The molecule has 4 aromatic rings. The van der Waals surface area contributed by atoms with Crippen LogP contribution in [-0.4, -0.2) is 48.7 Å². The molecule has 0 radical (unpaired) electrons. The highest BCUT2D eigenvalue weighted by Crippen LogP contribution is 2.21. The van der Waals surface area contributed by atoms with Gasteiger partial charge in [-0.25, -0.2) is 15.0 Å². The molecule has 0 unspecified atom stereocenters. The molecular formula is C19H16ClN7O. The maximum Gasteiger partial charge on any atom is 0.289 e. The first-order valence-corrected chi connectivity index (χ1v) is 8.88. The molecule has 0 aliphatic heterocycles. The van der Waals surface area contributed by atoms with E-state index < -0.39 is 0 Å². The summed E-state index contributed by atoms with van der Waals surface area (Å²) in [6.07, 6.45) is 5.50. The highest BCUT2D eigenvalue weighted by atomic mass is 35.5. The highest BCUT2D eigenvalue weighted by molar-refractivity contribution is 6.35. The summed E-state index contributed by atoms with van der Waals surface area (Å²) in [5, 5.41) is 0.505. The summed E-state index contributed by atoms with van der Waals surface area (Å²) in [5.41, 5.74) is 8.38. The lowest BCUT2D eigenvalue weighted by molar-refractivity contribution is 0.0787. The molecule has 0 saturated heterocycles. The molecule has 0 atom stereocenters. The molecule has 28 heavy (non-hydrogen) atoms. The van der Waals surface area contributed by atoms with Crippen LogP contribution in [0.1, 0.15) is 22.7 Å². The van der Waals surface area contributed by atoms with Crippen molar-refractivity contribution in [2.75, 3.05) is 19.3 Å². The van der Waals surface area contributed by atoms with E-state index in [4.69, 9.17) is 17.3 Å². The Balaban J connectivity index is 1.43. The molecule has 1 aromatic carbocycles. The van der Waals surface area contributed by atoms with Gasteiger partial charge in [0.15, 0.2) is 17.3 Å². The minimum absolute atomic E-state index is 0.220. The number of aromatic nitrogens is 5. The normalized spacial score (nSPS) is 10.8. The minimum atomic E-state index is -0.220. The molecule has 140 valence electrons. The second-order valence-electron chi connectivity index (χ2n) is 6.15. The third-order valence-corrected chi connectivity index (χ3v) is 4.56. The van der Waals surface area contributed by atoms with E-state index in [1.807, 2.05) is 6.07 Å². The number of nitrogens with zero attached hydrogens (tertiary/aromatic N) is 5. The smallest absolute Gasteiger partial charge is 0.289 e. The van der Waals surface area contributed by atoms with Crippen molar-refractivity contribution in [3.05, 3.63) is 53.3 Å². The number of H-pyrrole nitrogens is 1. The molecule has 0 saturated carbocycles. The maximum atomic E-state index is 12.6. The monoisotopic (exact) mass is 393 g/mol. The number of amides is 1. The zero-order chi connectivity index (χ0) is 19.7. The van der Waals surface area contributed by atoms with Gasteiger partial charge in [0.2, 0.25) is 0 Å². The van der Waals surface area contributed by atoms with Crippen LogP contribution in [0.2, 0.25) is 5.02 Å². The van der Waals surface area contributed by atoms with Crippen molar-refractivity contribution >= 4 is 40.0 Å². The predicted molar refractivity (Wildman–Crippen MR) is 107 cm³/mol. The van der Waals surface area contributed by atoms with Gasteiger partial charge in [0.25, 0.3) is 5.91 Å². The standard InChI is InChI=1S/C19H16ClN7O/c1-26(19(28)17-24-14-7-4-6-13(20)15(14)25-17)9-3-2-5-12-11-23-18-16(21)22-8-10-27(12)18/h4,6-8,10-11H,3,9H2,1H3,(H2,21,22)(H,24,25). The average Bonchev–Trinajstić information content (AvgIpc) is 3.30. The number of hydrogen-bond acceptors (Lipinski definition) is 5. The van der Waals surface area contributed by atoms with Crippen LogP contribution in [0, 0.1) is 11.8 Å². The van der Waals surface area contributed by atoms with E-state index >= 15 is 0 Å². The molecule has 8 nitrogen and oxygen atoms in total. The van der Waals surface area contributed by atoms with Gasteiger partial charge in [-0.2, -0.15) is 0 Å². The van der Waals surface area contributed by atoms with Crippen molar-refractivity contribution in [3.63, 3.8) is 0 Å². The second kappa shape index (κ2) is 7.21. The topological polar surface area (TPSA) is 105 Å². The summed E-state index contributed by atoms with van der Waals surface area (Å²) in [6, 6.07) is 5.37. The Morgan fingerprint density at radius 1 is 1.39 bits per heavy atom. The number of nitrogens with one attached hydrogen (secondary N) is 1. The highest BCUT2D eigenvalue weighted by Gasteiger charge is 2.16. The van der Waals surface area contributed by atoms with Crippen molar-refractivity contribution in [2.24, 2.45) is 0 Å². The number of carbonyl (C=O) groups excluding carboxylic acids is 1. The van der Waals surface area contributed by atoms with Gasteiger partial charge in [0.05, 0.1) is 16.7 Å². The van der Waals surface area contributed by atoms with Gasteiger partial charge < -0.3 is 15.6 Å². The summed E-state index contributed by atoms with van der Waals surface area (Å²) >= 11 is 6.11. The SMILES string of the molecule is CN(CCC#Cc1cnc2c(N)nccn12)C(=O)c1nc2c(Cl)cccc2[nH]1. The number of benzene rings is 1. The molecule has 4 rings (SSSR count). The number of aromatic amines is 1. The minimum Gasteiger partial charge on any atom is -0.381 e. The van der Waals surface area contributed by atoms with Crippen LogP contribution >= 0.6 is 11.6 Å². The van der Waals surface area contributed by atoms with Gasteiger partial charge >= 0.3 is 0 Å². The number of imidazole rings is 2. The molecule has 9 heteroatoms. The van der Waals surface area contributed by atoms with Crippen LogP contribution in [0.15, 0.2) is 36.8 Å². The lowest BCUT2D eigenvalue weighted by Gasteiger charge is -2.13. The van der Waals surface area contributed by atoms with Crippen molar-refractivity contribution < 1.29 is 4.79 Å². The fourth-order valence-electron chi connectivity index (χ4n) is 2.79. The van der Waals surface area contributed by atoms with Crippen LogP contribution in [0.25, 0.3) is 16.7 Å². The number of rotatable bonds is 3. The summed E-state index contributed by atoms with van der Waals surface area (Å²) < 4.78 is 1.78. The summed E-state index contributed by atoms with van der Waals surface area (Å²) in [4.78, 5) is 29.6. The van der Waals surface area contributed by atoms with Gasteiger partial charge in [-0.3, -0.25) is 9.20 Å². The first kappa shape index (κ1) is 17.8. The molecule has 0 bridgehead atoms. The van der Waals surface area contributed by atoms with Gasteiger partial charge in [-0.1, -0.05) is 23.6 Å². The zero-order valence-electron chi connectivity index (χ0n) is 15.0. The number of fused-ring (bicyclic) bond motifs is 2. The quantitative estimate of drug-likeness (QED) is 0.520. The van der Waals surface area contributed by atoms with Crippen molar-refractivity contribution in [2.45, 2.75) is 6.42 Å². The van der Waals surface area contributed by atoms with Gasteiger partial charge in [0, 0.05) is 32.4 Å². The first-order chi connectivity index (χ1) is 13.5. The van der Waals surface area contributed by atoms with Crippen LogP contribution in [0.4, 0.5) is 5.82 Å². The number of hydrogen-bond donors (Lipinski definition) is 2. The molecule has 1 amide bonds. The Hall–Kier alpha value is -3.57. The van der Waals surface area contributed by atoms with Crippen LogP contribution in [-0.2, 0) is 0 Å². The fourth-order valence-corrected chi connectivity index (χ4v) is 3.01. The van der Waals surface area contributed by atoms with E-state index in [2.05, 4.69) is 31.8 Å². The van der Waals surface area contributed by atoms with Crippen LogP contribution < -0.4 is 5.73 Å². The fraction of sp³-hybridized carbons (Fsp3) is 0.158. The number of nitrogens with two attached hydrogens (primary N) is 1. The van der Waals surface area contributed by atoms with Crippen LogP contribution in [0.3, 0.4) is 0 Å². The van der Waals surface area contributed by atoms with E-state index in [1.165, 1.54) is 0 Å². The van der Waals surface area contributed by atoms with Gasteiger partial charge in [-0.05, 0) is 18.1 Å². The van der Waals surface area contributed by atoms with E-state index in [1.54, 1.807) is 47.1 Å². The Morgan fingerprint density at radius 3 is 3.07 bits per heavy atom. The molecular weight excluding hydrogens is 378 g/mol. The number of para-hydroxylation sites is 1. The van der Waals surface area contributed by atoms with Crippen molar-refractivity contribution in [3.8, 4) is 11.8 Å². The number of carbonyl (C=O) groups is 1. The van der Waals surface area contributed by atoms with Gasteiger partial charge in [-0.15, -0.1) is 0 Å². The molecule has 0 aliphatic carbocycles. The van der Waals surface area contributed by atoms with E-state index in [0.717, 1.165) is 5.52 Å². The molecule has 0 spiro atoms. The molecule has 0 aliphatic rings. The zero-order valence-corrected chi connectivity index (χ0v) is 15.7. The average molecular weight is 394 g/mol. The lowest BCUT2D eigenvalue weighted by Crippen LogP contribution is -2.28. The Morgan fingerprint density at radius 2 is 2.25 bits per heavy atom. The van der Waals surface area contributed by atoms with Crippen molar-refractivity contribution in [1.82, 2.24) is 29.2 Å². The van der Waals surface area contributed by atoms with E-state index in [-0.39, 0.29) is 11.7 Å². The summed E-state index contributed by atoms with van der Waals surface area (Å²) in [7, 11) is 1.71. The number of halogens is 1. The van der Waals surface area contributed by atoms with Crippen molar-refractivity contribution in [1.29, 1.82) is 0 Å². The molecule has 0 fully saturated rings. The predicted octanol–water partition coefficient (Wildman–Crippen LogP) is 2.36. The Bertz CT molecular complexity index is 1250. The van der Waals surface area contributed by atoms with Crippen LogP contribution in [0.5, 0.6) is 0 Å². The van der Waals surface area contributed by atoms with Gasteiger partial charge in [0.1, 0.15) is 11.2 Å². The molecule has 3 N–H and O–H groups in total. The number of nitrogen functional groups attached to an aromatic ring is 1. The summed E-state index contributed by atoms with van der Waals surface area (Å²) in [5.74, 6) is 6.49. The lowest BCUT2D eigenvalue weighted by atomic mass is 10.3. The van der Waals surface area contributed by atoms with E-state index in [9.17, 15) is 4.79 Å². The molecule has 3 aromatic heterocycles. The third kappa shape index (κ3) is 3.23. The maximum absolute atomic E-state index is 12.6. The third-order valence-electron chi connectivity index (χ3n) is 4.26. The largest absolute Gasteiger partial charge is 0.381 e. The van der Waals surface area contributed by atoms with E-state index in [0.29, 0.717) is 40.7 Å². The first-order valence-electron chi connectivity index (χ1n) is 8.50. The second-order valence-corrected chi connectivity index (χ2v) is 6.56. The summed E-state index contributed by atoms with van der Waals surface area (Å²) in [6.45, 7) is 0.455. The Labute approximate surface area is 165 Å².